The maximum Gasteiger partial charge on any atom is 0.325 e. The highest BCUT2D eigenvalue weighted by Gasteiger charge is 2.45. The number of carbonyl (C=O) groups excluding carboxylic acids is 2. The van der Waals surface area contributed by atoms with Gasteiger partial charge in [-0.05, 0) is 38.3 Å². The first kappa shape index (κ1) is 24.7. The van der Waals surface area contributed by atoms with Gasteiger partial charge in [0, 0.05) is 24.6 Å². The maximum atomic E-state index is 12.4. The molecule has 1 aromatic rings. The molecule has 1 aromatic carbocycles. The summed E-state index contributed by atoms with van der Waals surface area (Å²) in [6.07, 6.45) is 1.22. The molecule has 0 bridgehead atoms. The largest absolute Gasteiger partial charge is 0.356 e. The molecule has 0 aromatic heterocycles. The average Bonchev–Trinajstić information content (AvgIpc) is 2.87. The van der Waals surface area contributed by atoms with E-state index in [1.54, 1.807) is 14.0 Å². The Kier molecular flexibility index (Phi) is 9.68. The van der Waals surface area contributed by atoms with Crippen molar-refractivity contribution in [1.29, 1.82) is 0 Å². The van der Waals surface area contributed by atoms with E-state index in [2.05, 4.69) is 49.9 Å². The van der Waals surface area contributed by atoms with Crippen molar-refractivity contribution in [3.05, 3.63) is 34.3 Å². The number of aliphatic imine (C=N–C) groups is 1. The summed E-state index contributed by atoms with van der Waals surface area (Å²) in [5.74, 6) is 0.522. The third kappa shape index (κ3) is 5.82. The molecule has 2 atom stereocenters. The topological polar surface area (TPSA) is 85.8 Å². The standard InChI is InChI=1S/C19H28BrN5O2.HI/c1-5-19(3)16(26)25(18(27)24-19)12-8-11-22-17(21-4)23-13(2)14-9-6-7-10-15(14)20;/h6-7,9-10,13H,5,8,11-12H2,1-4H3,(H,24,27)(H2,21,22,23);1H. The number of rotatable bonds is 7. The third-order valence-corrected chi connectivity index (χ3v) is 5.57. The van der Waals surface area contributed by atoms with Crippen LogP contribution in [0, 0.1) is 0 Å². The zero-order valence-electron chi connectivity index (χ0n) is 16.7. The second-order valence-electron chi connectivity index (χ2n) is 6.81. The predicted molar refractivity (Wildman–Crippen MR) is 126 cm³/mol. The summed E-state index contributed by atoms with van der Waals surface area (Å²) in [7, 11) is 1.71. The van der Waals surface area contributed by atoms with Crippen LogP contribution in [-0.4, -0.2) is 48.5 Å². The number of urea groups is 1. The van der Waals surface area contributed by atoms with Crippen LogP contribution in [0.1, 0.15) is 45.2 Å². The lowest BCUT2D eigenvalue weighted by atomic mass is 9.99. The van der Waals surface area contributed by atoms with Crippen LogP contribution in [0.3, 0.4) is 0 Å². The quantitative estimate of drug-likeness (QED) is 0.155. The average molecular weight is 566 g/mol. The highest BCUT2D eigenvalue weighted by atomic mass is 127. The fourth-order valence-corrected chi connectivity index (χ4v) is 3.57. The molecule has 28 heavy (non-hydrogen) atoms. The number of imide groups is 1. The van der Waals surface area contributed by atoms with Crippen LogP contribution in [0.5, 0.6) is 0 Å². The maximum absolute atomic E-state index is 12.4. The smallest absolute Gasteiger partial charge is 0.325 e. The second-order valence-corrected chi connectivity index (χ2v) is 7.67. The van der Waals surface area contributed by atoms with E-state index < -0.39 is 5.54 Å². The van der Waals surface area contributed by atoms with Gasteiger partial charge in [0.2, 0.25) is 0 Å². The number of amides is 3. The van der Waals surface area contributed by atoms with E-state index in [-0.39, 0.29) is 42.0 Å². The Hall–Kier alpha value is -1.36. The molecular weight excluding hydrogens is 537 g/mol. The summed E-state index contributed by atoms with van der Waals surface area (Å²) < 4.78 is 1.04. The van der Waals surface area contributed by atoms with Gasteiger partial charge in [0.05, 0.1) is 6.04 Å². The van der Waals surface area contributed by atoms with Crippen molar-refractivity contribution < 1.29 is 9.59 Å². The van der Waals surface area contributed by atoms with Crippen LogP contribution >= 0.6 is 39.9 Å². The summed E-state index contributed by atoms with van der Waals surface area (Å²) in [5.41, 5.74) is 0.360. The molecule has 1 saturated heterocycles. The van der Waals surface area contributed by atoms with Crippen LogP contribution in [0.25, 0.3) is 0 Å². The van der Waals surface area contributed by atoms with Gasteiger partial charge in [0.15, 0.2) is 5.96 Å². The van der Waals surface area contributed by atoms with Gasteiger partial charge in [-0.1, -0.05) is 41.1 Å². The second kappa shape index (κ2) is 11.0. The van der Waals surface area contributed by atoms with Gasteiger partial charge in [-0.25, -0.2) is 4.79 Å². The number of benzene rings is 1. The van der Waals surface area contributed by atoms with E-state index in [1.807, 2.05) is 25.1 Å². The van der Waals surface area contributed by atoms with E-state index in [1.165, 1.54) is 4.90 Å². The monoisotopic (exact) mass is 565 g/mol. The van der Waals surface area contributed by atoms with Crippen molar-refractivity contribution in [2.24, 2.45) is 4.99 Å². The zero-order valence-corrected chi connectivity index (χ0v) is 20.6. The molecule has 9 heteroatoms. The molecule has 0 radical (unpaired) electrons. The highest BCUT2D eigenvalue weighted by Crippen LogP contribution is 2.22. The molecule has 156 valence electrons. The number of nitrogens with one attached hydrogen (secondary N) is 3. The van der Waals surface area contributed by atoms with E-state index in [0.29, 0.717) is 31.9 Å². The number of hydrogen-bond acceptors (Lipinski definition) is 3. The lowest BCUT2D eigenvalue weighted by molar-refractivity contribution is -0.130. The number of halogens is 2. The van der Waals surface area contributed by atoms with E-state index >= 15 is 0 Å². The lowest BCUT2D eigenvalue weighted by Gasteiger charge is -2.20. The van der Waals surface area contributed by atoms with Crippen LogP contribution in [0.4, 0.5) is 4.79 Å². The summed E-state index contributed by atoms with van der Waals surface area (Å²) >= 11 is 3.56. The van der Waals surface area contributed by atoms with Crippen molar-refractivity contribution in [3.8, 4) is 0 Å². The number of nitrogens with zero attached hydrogens (tertiary/aromatic N) is 2. The minimum atomic E-state index is -0.777. The fourth-order valence-electron chi connectivity index (χ4n) is 2.94. The molecular formula is C19H29BrIN5O2. The highest BCUT2D eigenvalue weighted by molar-refractivity contribution is 14.0. The Morgan fingerprint density at radius 1 is 1.36 bits per heavy atom. The Morgan fingerprint density at radius 3 is 2.61 bits per heavy atom. The molecule has 0 saturated carbocycles. The summed E-state index contributed by atoms with van der Waals surface area (Å²) in [5, 5.41) is 9.34. The lowest BCUT2D eigenvalue weighted by Crippen LogP contribution is -2.43. The first-order valence-electron chi connectivity index (χ1n) is 9.18. The van der Waals surface area contributed by atoms with Gasteiger partial charge < -0.3 is 16.0 Å². The normalized spacial score (nSPS) is 20.5. The molecule has 0 aliphatic carbocycles. The Morgan fingerprint density at radius 2 is 2.04 bits per heavy atom. The molecule has 1 aliphatic heterocycles. The van der Waals surface area contributed by atoms with Gasteiger partial charge >= 0.3 is 6.03 Å². The molecule has 7 nitrogen and oxygen atoms in total. The van der Waals surface area contributed by atoms with Gasteiger partial charge in [0.25, 0.3) is 5.91 Å². The predicted octanol–water partition coefficient (Wildman–Crippen LogP) is 3.40. The first-order valence-corrected chi connectivity index (χ1v) is 9.97. The van der Waals surface area contributed by atoms with Crippen molar-refractivity contribution in [1.82, 2.24) is 20.9 Å². The fraction of sp³-hybridized carbons (Fsp3) is 0.526. The summed E-state index contributed by atoms with van der Waals surface area (Å²) in [4.78, 5) is 29.9. The molecule has 1 heterocycles. The Bertz CT molecular complexity index is 730. The van der Waals surface area contributed by atoms with Gasteiger partial charge in [-0.15, -0.1) is 24.0 Å². The number of hydrogen-bond donors (Lipinski definition) is 3. The van der Waals surface area contributed by atoms with Crippen molar-refractivity contribution >= 4 is 57.8 Å². The zero-order chi connectivity index (χ0) is 20.0. The van der Waals surface area contributed by atoms with E-state index in [9.17, 15) is 9.59 Å². The Labute approximate surface area is 192 Å². The van der Waals surface area contributed by atoms with Gasteiger partial charge in [-0.3, -0.25) is 14.7 Å². The first-order chi connectivity index (χ1) is 12.8. The molecule has 2 unspecified atom stereocenters. The summed E-state index contributed by atoms with van der Waals surface area (Å²) in [6, 6.07) is 7.80. The SMILES string of the molecule is CCC1(C)NC(=O)N(CCCNC(=NC)NC(C)c2ccccc2Br)C1=O.I. The van der Waals surface area contributed by atoms with Gasteiger partial charge in [0.1, 0.15) is 5.54 Å². The molecule has 3 N–H and O–H groups in total. The number of carbonyl (C=O) groups is 2. The Balaban J connectivity index is 0.00000392. The number of guanidine groups is 1. The molecule has 3 amide bonds. The molecule has 2 rings (SSSR count). The van der Waals surface area contributed by atoms with E-state index in [4.69, 9.17) is 0 Å². The van der Waals surface area contributed by atoms with Gasteiger partial charge in [-0.2, -0.15) is 0 Å². The van der Waals surface area contributed by atoms with Crippen molar-refractivity contribution in [2.75, 3.05) is 20.1 Å². The van der Waals surface area contributed by atoms with E-state index in [0.717, 1.165) is 10.0 Å². The summed E-state index contributed by atoms with van der Waals surface area (Å²) in [6.45, 7) is 6.70. The van der Waals surface area contributed by atoms with Crippen molar-refractivity contribution in [3.63, 3.8) is 0 Å². The van der Waals surface area contributed by atoms with Crippen LogP contribution in [0.15, 0.2) is 33.7 Å². The molecule has 1 fully saturated rings. The molecule has 0 spiro atoms. The van der Waals surface area contributed by atoms with Crippen LogP contribution < -0.4 is 16.0 Å². The minimum absolute atomic E-state index is 0. The van der Waals surface area contributed by atoms with Crippen molar-refractivity contribution in [2.45, 2.75) is 45.2 Å². The third-order valence-electron chi connectivity index (χ3n) is 4.85. The van der Waals surface area contributed by atoms with Crippen LogP contribution in [0.2, 0.25) is 0 Å². The molecule has 1 aliphatic rings. The van der Waals surface area contributed by atoms with Crippen LogP contribution in [-0.2, 0) is 4.79 Å². The minimum Gasteiger partial charge on any atom is -0.356 e.